The van der Waals surface area contributed by atoms with Crippen molar-refractivity contribution in [2.45, 2.75) is 51.1 Å². The Hall–Kier alpha value is -1.14. The first-order valence-corrected chi connectivity index (χ1v) is 9.61. The number of nitrogens with zero attached hydrogens (tertiary/aromatic N) is 3. The van der Waals surface area contributed by atoms with Crippen molar-refractivity contribution in [3.63, 3.8) is 0 Å². The minimum atomic E-state index is -0.133. The van der Waals surface area contributed by atoms with Crippen molar-refractivity contribution >= 4 is 11.8 Å². The van der Waals surface area contributed by atoms with Crippen molar-refractivity contribution in [1.82, 2.24) is 20.0 Å². The second-order valence-corrected chi connectivity index (χ2v) is 7.51. The summed E-state index contributed by atoms with van der Waals surface area (Å²) in [6, 6.07) is 0.786. The molecule has 0 saturated carbocycles. The van der Waals surface area contributed by atoms with Gasteiger partial charge in [-0.2, -0.15) is 0 Å². The van der Waals surface area contributed by atoms with Gasteiger partial charge in [0, 0.05) is 44.7 Å². The Labute approximate surface area is 145 Å². The fourth-order valence-corrected chi connectivity index (χ4v) is 4.69. The van der Waals surface area contributed by atoms with E-state index in [9.17, 15) is 9.59 Å². The molecule has 3 fully saturated rings. The summed E-state index contributed by atoms with van der Waals surface area (Å²) in [5.74, 6) is 0.231. The largest absolute Gasteiger partial charge is 0.340 e. The van der Waals surface area contributed by atoms with E-state index in [0.29, 0.717) is 25.0 Å². The smallest absolute Gasteiger partial charge is 0.228 e. The van der Waals surface area contributed by atoms with E-state index in [2.05, 4.69) is 17.1 Å². The van der Waals surface area contributed by atoms with Crippen LogP contribution in [0.15, 0.2) is 0 Å². The second kappa shape index (κ2) is 7.83. The molecule has 3 unspecified atom stereocenters. The summed E-state index contributed by atoms with van der Waals surface area (Å²) >= 11 is 0. The van der Waals surface area contributed by atoms with Gasteiger partial charge in [-0.15, -0.1) is 0 Å². The SMILES string of the molecule is CCN1CCCC1CN1CC(C(=O)N2CCCC2CNC)CC1=O. The number of rotatable bonds is 6. The molecule has 3 aliphatic heterocycles. The highest BCUT2D eigenvalue weighted by Gasteiger charge is 2.40. The number of carbonyl (C=O) groups is 2. The van der Waals surface area contributed by atoms with Crippen LogP contribution in [0.2, 0.25) is 0 Å². The van der Waals surface area contributed by atoms with Gasteiger partial charge in [-0.05, 0) is 45.8 Å². The molecule has 3 saturated heterocycles. The minimum absolute atomic E-state index is 0.133. The molecule has 1 N–H and O–H groups in total. The van der Waals surface area contributed by atoms with Crippen LogP contribution in [0.1, 0.15) is 39.0 Å². The average molecular weight is 336 g/mol. The van der Waals surface area contributed by atoms with Crippen LogP contribution >= 0.6 is 0 Å². The summed E-state index contributed by atoms with van der Waals surface area (Å²) in [6.07, 6.45) is 4.95. The summed E-state index contributed by atoms with van der Waals surface area (Å²) in [5, 5.41) is 3.19. The van der Waals surface area contributed by atoms with Crippen molar-refractivity contribution < 1.29 is 9.59 Å². The van der Waals surface area contributed by atoms with Crippen molar-refractivity contribution in [2.24, 2.45) is 5.92 Å². The van der Waals surface area contributed by atoms with Gasteiger partial charge in [0.25, 0.3) is 0 Å². The molecule has 0 aliphatic carbocycles. The maximum absolute atomic E-state index is 12.9. The molecule has 3 rings (SSSR count). The predicted octanol–water partition coefficient (Wildman–Crippen LogP) is 0.530. The van der Waals surface area contributed by atoms with Crippen molar-refractivity contribution in [1.29, 1.82) is 0 Å². The lowest BCUT2D eigenvalue weighted by Gasteiger charge is -2.29. The van der Waals surface area contributed by atoms with E-state index >= 15 is 0 Å². The Kier molecular flexibility index (Phi) is 5.76. The Morgan fingerprint density at radius 1 is 1.21 bits per heavy atom. The van der Waals surface area contributed by atoms with Gasteiger partial charge in [-0.1, -0.05) is 6.92 Å². The van der Waals surface area contributed by atoms with Gasteiger partial charge in [-0.3, -0.25) is 14.5 Å². The Balaban J connectivity index is 1.57. The van der Waals surface area contributed by atoms with Crippen molar-refractivity contribution in [3.8, 4) is 0 Å². The van der Waals surface area contributed by atoms with Gasteiger partial charge in [0.15, 0.2) is 0 Å². The molecular weight excluding hydrogens is 304 g/mol. The van der Waals surface area contributed by atoms with Crippen LogP contribution in [0.5, 0.6) is 0 Å². The highest BCUT2D eigenvalue weighted by molar-refractivity contribution is 5.89. The highest BCUT2D eigenvalue weighted by Crippen LogP contribution is 2.27. The Morgan fingerprint density at radius 2 is 1.96 bits per heavy atom. The van der Waals surface area contributed by atoms with Crippen LogP contribution in [0.25, 0.3) is 0 Å². The van der Waals surface area contributed by atoms with Crippen LogP contribution in [0, 0.1) is 5.92 Å². The summed E-state index contributed by atoms with van der Waals surface area (Å²) in [4.78, 5) is 31.7. The molecule has 0 aromatic heterocycles. The predicted molar refractivity (Wildman–Crippen MR) is 93.6 cm³/mol. The number of hydrogen-bond acceptors (Lipinski definition) is 4. The monoisotopic (exact) mass is 336 g/mol. The zero-order valence-electron chi connectivity index (χ0n) is 15.2. The molecule has 24 heavy (non-hydrogen) atoms. The topological polar surface area (TPSA) is 55.9 Å². The lowest BCUT2D eigenvalue weighted by atomic mass is 10.1. The van der Waals surface area contributed by atoms with Crippen molar-refractivity contribution in [3.05, 3.63) is 0 Å². The Bertz CT molecular complexity index is 470. The molecule has 0 aromatic rings. The van der Waals surface area contributed by atoms with E-state index < -0.39 is 0 Å². The molecule has 3 heterocycles. The number of likely N-dealkylation sites (tertiary alicyclic amines) is 3. The van der Waals surface area contributed by atoms with Crippen LogP contribution in [0.4, 0.5) is 0 Å². The maximum atomic E-state index is 12.9. The number of carbonyl (C=O) groups excluding carboxylic acids is 2. The fraction of sp³-hybridized carbons (Fsp3) is 0.889. The van der Waals surface area contributed by atoms with Gasteiger partial charge in [-0.25, -0.2) is 0 Å². The number of amides is 2. The highest BCUT2D eigenvalue weighted by atomic mass is 16.2. The Morgan fingerprint density at radius 3 is 2.71 bits per heavy atom. The maximum Gasteiger partial charge on any atom is 0.228 e. The number of nitrogens with one attached hydrogen (secondary N) is 1. The molecule has 0 aromatic carbocycles. The molecule has 136 valence electrons. The molecule has 3 atom stereocenters. The van der Waals surface area contributed by atoms with Crippen LogP contribution < -0.4 is 5.32 Å². The molecule has 2 amide bonds. The average Bonchev–Trinajstić information content (AvgIpc) is 3.28. The first kappa shape index (κ1) is 17.7. The molecule has 0 radical (unpaired) electrons. The van der Waals surface area contributed by atoms with Gasteiger partial charge >= 0.3 is 0 Å². The summed E-state index contributed by atoms with van der Waals surface area (Å²) in [7, 11) is 1.93. The summed E-state index contributed by atoms with van der Waals surface area (Å²) in [6.45, 7) is 7.50. The minimum Gasteiger partial charge on any atom is -0.340 e. The summed E-state index contributed by atoms with van der Waals surface area (Å²) < 4.78 is 0. The van der Waals surface area contributed by atoms with Gasteiger partial charge < -0.3 is 15.1 Å². The van der Waals surface area contributed by atoms with E-state index in [1.54, 1.807) is 0 Å². The molecule has 3 aliphatic rings. The zero-order chi connectivity index (χ0) is 17.1. The summed E-state index contributed by atoms with van der Waals surface area (Å²) in [5.41, 5.74) is 0. The fourth-order valence-electron chi connectivity index (χ4n) is 4.69. The molecule has 6 nitrogen and oxygen atoms in total. The lowest BCUT2D eigenvalue weighted by Crippen LogP contribution is -2.45. The molecule has 6 heteroatoms. The van der Waals surface area contributed by atoms with E-state index in [1.165, 1.54) is 12.8 Å². The molecule has 0 spiro atoms. The first-order valence-electron chi connectivity index (χ1n) is 9.61. The first-order chi connectivity index (χ1) is 11.6. The third-order valence-electron chi connectivity index (χ3n) is 6.00. The standard InChI is InChI=1S/C18H32N4O2/c1-3-20-8-4-7-16(20)13-21-12-14(10-17(21)23)18(24)22-9-5-6-15(22)11-19-2/h14-16,19H,3-13H2,1-2H3. The van der Waals surface area contributed by atoms with Gasteiger partial charge in [0.1, 0.15) is 0 Å². The van der Waals surface area contributed by atoms with Crippen LogP contribution in [-0.2, 0) is 9.59 Å². The molecule has 0 bridgehead atoms. The van der Waals surface area contributed by atoms with E-state index in [0.717, 1.165) is 45.6 Å². The normalized spacial score (nSPS) is 31.4. The van der Waals surface area contributed by atoms with E-state index in [1.807, 2.05) is 16.8 Å². The number of hydrogen-bond donors (Lipinski definition) is 1. The quantitative estimate of drug-likeness (QED) is 0.769. The lowest BCUT2D eigenvalue weighted by molar-refractivity contribution is -0.136. The third-order valence-corrected chi connectivity index (χ3v) is 6.00. The molecular formula is C18H32N4O2. The van der Waals surface area contributed by atoms with Crippen LogP contribution in [0.3, 0.4) is 0 Å². The van der Waals surface area contributed by atoms with E-state index in [-0.39, 0.29) is 17.7 Å². The number of likely N-dealkylation sites (N-methyl/N-ethyl adjacent to an activating group) is 2. The second-order valence-electron chi connectivity index (χ2n) is 7.51. The van der Waals surface area contributed by atoms with Gasteiger partial charge in [0.05, 0.1) is 5.92 Å². The van der Waals surface area contributed by atoms with Crippen LogP contribution in [-0.4, -0.2) is 84.9 Å². The third kappa shape index (κ3) is 3.59. The van der Waals surface area contributed by atoms with Crippen molar-refractivity contribution in [2.75, 3.05) is 46.3 Å². The zero-order valence-corrected chi connectivity index (χ0v) is 15.2. The van der Waals surface area contributed by atoms with Gasteiger partial charge in [0.2, 0.25) is 11.8 Å². The van der Waals surface area contributed by atoms with E-state index in [4.69, 9.17) is 0 Å².